The van der Waals surface area contributed by atoms with Crippen molar-refractivity contribution < 1.29 is 4.79 Å². The molecule has 4 heteroatoms. The first-order valence-electron chi connectivity index (χ1n) is 13.5. The second kappa shape index (κ2) is 12.8. The number of halogens is 2. The predicted octanol–water partition coefficient (Wildman–Crippen LogP) is 9.11. The van der Waals surface area contributed by atoms with E-state index < -0.39 is 0 Å². The molecule has 2 aliphatic rings. The van der Waals surface area contributed by atoms with E-state index in [9.17, 15) is 4.79 Å². The van der Waals surface area contributed by atoms with Crippen LogP contribution in [0.1, 0.15) is 83.8 Å². The van der Waals surface area contributed by atoms with Crippen LogP contribution in [0.4, 0.5) is 0 Å². The maximum atomic E-state index is 12.7. The molecule has 0 spiro atoms. The van der Waals surface area contributed by atoms with Crippen molar-refractivity contribution in [3.8, 4) is 0 Å². The molecule has 1 heterocycles. The van der Waals surface area contributed by atoms with Crippen LogP contribution < -0.4 is 0 Å². The molecule has 2 aromatic rings. The Hall–Kier alpha value is -1.61. The van der Waals surface area contributed by atoms with E-state index >= 15 is 0 Å². The fourth-order valence-corrected chi connectivity index (χ4v) is 5.72. The quantitative estimate of drug-likeness (QED) is 0.252. The van der Waals surface area contributed by atoms with E-state index in [0.717, 1.165) is 53.9 Å². The minimum absolute atomic E-state index is 0.0961. The molecule has 36 heavy (non-hydrogen) atoms. The molecule has 0 N–H and O–H groups in total. The van der Waals surface area contributed by atoms with Crippen molar-refractivity contribution >= 4 is 29.0 Å². The highest BCUT2D eigenvalue weighted by molar-refractivity contribution is 6.30. The van der Waals surface area contributed by atoms with E-state index in [4.69, 9.17) is 23.2 Å². The molecule has 196 valence electrons. The number of rotatable bonds is 8. The topological polar surface area (TPSA) is 20.1 Å². The summed E-state index contributed by atoms with van der Waals surface area (Å²) >= 11 is 11.9. The first-order valence-corrected chi connectivity index (χ1v) is 14.3. The van der Waals surface area contributed by atoms with Crippen LogP contribution in [0.3, 0.4) is 0 Å². The molecule has 1 aliphatic carbocycles. The van der Waals surface area contributed by atoms with Crippen molar-refractivity contribution in [1.29, 1.82) is 0 Å². The molecule has 2 aromatic carbocycles. The van der Waals surface area contributed by atoms with Gasteiger partial charge in [0.25, 0.3) is 0 Å². The van der Waals surface area contributed by atoms with E-state index in [1.54, 1.807) is 0 Å². The minimum atomic E-state index is -0.253. The molecule has 0 aromatic heterocycles. The van der Waals surface area contributed by atoms with E-state index in [1.807, 2.05) is 50.2 Å². The number of benzene rings is 2. The SMILES string of the molecule is C=C(C(C)C)C(CN1CC1C)c1ccc(Cl)cc1.CC(C)C(=O)C1(c2ccc(Cl)cc2)CCCCC1. The number of ketones is 1. The first-order chi connectivity index (χ1) is 17.0. The van der Waals surface area contributed by atoms with E-state index in [0.29, 0.717) is 17.6 Å². The molecule has 3 atom stereocenters. The average molecular weight is 529 g/mol. The number of hydrogen-bond acceptors (Lipinski definition) is 2. The summed E-state index contributed by atoms with van der Waals surface area (Å²) in [6.07, 6.45) is 5.54. The summed E-state index contributed by atoms with van der Waals surface area (Å²) in [7, 11) is 0. The number of carbonyl (C=O) groups excluding carboxylic acids is 1. The zero-order valence-corrected chi connectivity index (χ0v) is 24.2. The lowest BCUT2D eigenvalue weighted by atomic mass is 9.64. The third-order valence-electron chi connectivity index (χ3n) is 7.97. The molecule has 1 saturated carbocycles. The van der Waals surface area contributed by atoms with Gasteiger partial charge in [-0.3, -0.25) is 9.69 Å². The monoisotopic (exact) mass is 527 g/mol. The Morgan fingerprint density at radius 1 is 0.917 bits per heavy atom. The van der Waals surface area contributed by atoms with Crippen LogP contribution in [-0.2, 0) is 10.2 Å². The lowest BCUT2D eigenvalue weighted by Gasteiger charge is -2.37. The van der Waals surface area contributed by atoms with Gasteiger partial charge in [-0.05, 0) is 61.1 Å². The normalized spacial score (nSPS) is 21.5. The molecule has 2 fully saturated rings. The molecule has 3 unspecified atom stereocenters. The Kier molecular flexibility index (Phi) is 10.3. The smallest absolute Gasteiger partial charge is 0.145 e. The van der Waals surface area contributed by atoms with E-state index in [2.05, 4.69) is 44.4 Å². The molecule has 0 bridgehead atoms. The summed E-state index contributed by atoms with van der Waals surface area (Å²) < 4.78 is 0. The summed E-state index contributed by atoms with van der Waals surface area (Å²) in [4.78, 5) is 15.2. The molecule has 4 rings (SSSR count). The maximum absolute atomic E-state index is 12.7. The molecular formula is C32H43Cl2NO. The van der Waals surface area contributed by atoms with Crippen LogP contribution in [0.25, 0.3) is 0 Å². The number of Topliss-reactive ketones (excluding diaryl/α,β-unsaturated/α-hetero) is 1. The largest absolute Gasteiger partial charge is 0.298 e. The maximum Gasteiger partial charge on any atom is 0.145 e. The molecular weight excluding hydrogens is 485 g/mol. The highest BCUT2D eigenvalue weighted by Crippen LogP contribution is 2.42. The Morgan fingerprint density at radius 2 is 1.42 bits per heavy atom. The predicted molar refractivity (Wildman–Crippen MR) is 155 cm³/mol. The second-order valence-corrected chi connectivity index (χ2v) is 12.2. The van der Waals surface area contributed by atoms with Crippen LogP contribution in [-0.4, -0.2) is 29.8 Å². The summed E-state index contributed by atoms with van der Waals surface area (Å²) in [5, 5.41) is 1.54. The molecule has 0 radical (unpaired) electrons. The van der Waals surface area contributed by atoms with Crippen molar-refractivity contribution in [2.24, 2.45) is 11.8 Å². The van der Waals surface area contributed by atoms with Crippen molar-refractivity contribution in [3.05, 3.63) is 81.9 Å². The fraction of sp³-hybridized carbons (Fsp3) is 0.531. The Bertz CT molecular complexity index is 1000. The standard InChI is InChI=1S/C16H22ClN.C16H21ClO/c1-11(2)13(4)16(10-18-9-12(18)3)14-5-7-15(17)8-6-14;1-12(2)15(18)16(10-4-3-5-11-16)13-6-8-14(17)9-7-13/h5-8,11-12,16H,4,9-10H2,1-3H3;6-9,12H,3-5,10-11H2,1-2H3. The summed E-state index contributed by atoms with van der Waals surface area (Å²) in [6, 6.07) is 16.8. The van der Waals surface area contributed by atoms with Crippen LogP contribution in [0.5, 0.6) is 0 Å². The molecule has 0 amide bonds. The van der Waals surface area contributed by atoms with Gasteiger partial charge in [0.2, 0.25) is 0 Å². The number of hydrogen-bond donors (Lipinski definition) is 0. The van der Waals surface area contributed by atoms with Gasteiger partial charge in [-0.15, -0.1) is 0 Å². The van der Waals surface area contributed by atoms with Crippen LogP contribution in [0.2, 0.25) is 10.0 Å². The van der Waals surface area contributed by atoms with Gasteiger partial charge in [0.05, 0.1) is 5.41 Å². The summed E-state index contributed by atoms with van der Waals surface area (Å²) in [5.41, 5.74) is 3.55. The van der Waals surface area contributed by atoms with Crippen molar-refractivity contribution in [2.45, 2.75) is 84.1 Å². The highest BCUT2D eigenvalue weighted by atomic mass is 35.5. The number of carbonyl (C=O) groups is 1. The van der Waals surface area contributed by atoms with Gasteiger partial charge in [0.15, 0.2) is 0 Å². The van der Waals surface area contributed by atoms with Crippen molar-refractivity contribution in [3.63, 3.8) is 0 Å². The summed E-state index contributed by atoms with van der Waals surface area (Å²) in [5.74, 6) is 1.43. The molecule has 1 saturated heterocycles. The molecule has 1 aliphatic heterocycles. The average Bonchev–Trinajstić information content (AvgIpc) is 3.57. The van der Waals surface area contributed by atoms with E-state index in [-0.39, 0.29) is 11.3 Å². The van der Waals surface area contributed by atoms with Crippen LogP contribution in [0, 0.1) is 11.8 Å². The van der Waals surface area contributed by atoms with Gasteiger partial charge in [-0.1, -0.05) is 107 Å². The summed E-state index contributed by atoms with van der Waals surface area (Å²) in [6.45, 7) is 17.3. The minimum Gasteiger partial charge on any atom is -0.298 e. The van der Waals surface area contributed by atoms with Gasteiger partial charge < -0.3 is 0 Å². The Balaban J connectivity index is 0.000000201. The van der Waals surface area contributed by atoms with Gasteiger partial charge in [-0.25, -0.2) is 0 Å². The van der Waals surface area contributed by atoms with Gasteiger partial charge in [0, 0.05) is 41.0 Å². The zero-order chi connectivity index (χ0) is 26.5. The van der Waals surface area contributed by atoms with E-state index in [1.165, 1.54) is 24.1 Å². The fourth-order valence-electron chi connectivity index (χ4n) is 5.47. The lowest BCUT2D eigenvalue weighted by molar-refractivity contribution is -0.128. The van der Waals surface area contributed by atoms with Crippen LogP contribution >= 0.6 is 23.2 Å². The van der Waals surface area contributed by atoms with Crippen LogP contribution in [0.15, 0.2) is 60.7 Å². The third-order valence-corrected chi connectivity index (χ3v) is 8.47. The van der Waals surface area contributed by atoms with Gasteiger partial charge in [0.1, 0.15) is 5.78 Å². The Morgan fingerprint density at radius 3 is 1.86 bits per heavy atom. The third kappa shape index (κ3) is 7.24. The lowest BCUT2D eigenvalue weighted by Crippen LogP contribution is -2.40. The van der Waals surface area contributed by atoms with Crippen molar-refractivity contribution in [1.82, 2.24) is 4.90 Å². The number of nitrogens with zero attached hydrogens (tertiary/aromatic N) is 1. The molecule has 2 nitrogen and oxygen atoms in total. The zero-order valence-electron chi connectivity index (χ0n) is 22.7. The Labute approximate surface area is 229 Å². The van der Waals surface area contributed by atoms with Gasteiger partial charge in [-0.2, -0.15) is 0 Å². The first kappa shape index (κ1) is 29.0. The van der Waals surface area contributed by atoms with Gasteiger partial charge >= 0.3 is 0 Å². The second-order valence-electron chi connectivity index (χ2n) is 11.3. The highest BCUT2D eigenvalue weighted by Gasteiger charge is 2.41. The van der Waals surface area contributed by atoms with Crippen molar-refractivity contribution in [2.75, 3.05) is 13.1 Å².